The van der Waals surface area contributed by atoms with Crippen LogP contribution in [0.25, 0.3) is 0 Å². The zero-order valence-electron chi connectivity index (χ0n) is 10.2. The van der Waals surface area contributed by atoms with Crippen LogP contribution in [0.4, 0.5) is 0 Å². The standard InChI is InChI=1S/C12H19N3O/c1-12(2,3)11-14-9-5-7-13-6-4-8(9)10(16)15-11/h13H,4-7H2,1-3H3,(H,14,15,16). The highest BCUT2D eigenvalue weighted by atomic mass is 16.1. The minimum Gasteiger partial charge on any atom is -0.316 e. The smallest absolute Gasteiger partial charge is 0.254 e. The van der Waals surface area contributed by atoms with Crippen molar-refractivity contribution in [2.45, 2.75) is 39.0 Å². The Morgan fingerprint density at radius 2 is 1.88 bits per heavy atom. The molecule has 0 aliphatic carbocycles. The fourth-order valence-electron chi connectivity index (χ4n) is 1.91. The van der Waals surface area contributed by atoms with Crippen molar-refractivity contribution in [3.8, 4) is 0 Å². The molecule has 0 bridgehead atoms. The summed E-state index contributed by atoms with van der Waals surface area (Å²) < 4.78 is 0. The summed E-state index contributed by atoms with van der Waals surface area (Å²) in [7, 11) is 0. The second-order valence-electron chi connectivity index (χ2n) is 5.34. The van der Waals surface area contributed by atoms with Crippen LogP contribution in [-0.4, -0.2) is 23.1 Å². The summed E-state index contributed by atoms with van der Waals surface area (Å²) in [5.74, 6) is 0.790. The van der Waals surface area contributed by atoms with E-state index in [1.165, 1.54) is 0 Å². The van der Waals surface area contributed by atoms with Crippen LogP contribution < -0.4 is 10.9 Å². The summed E-state index contributed by atoms with van der Waals surface area (Å²) in [6.07, 6.45) is 1.63. The lowest BCUT2D eigenvalue weighted by Crippen LogP contribution is -2.26. The third-order valence-corrected chi connectivity index (χ3v) is 2.90. The maximum atomic E-state index is 12.0. The van der Waals surface area contributed by atoms with Crippen molar-refractivity contribution >= 4 is 0 Å². The average Bonchev–Trinajstić information content (AvgIpc) is 2.41. The van der Waals surface area contributed by atoms with Gasteiger partial charge in [-0.3, -0.25) is 4.79 Å². The monoisotopic (exact) mass is 221 g/mol. The molecule has 0 amide bonds. The first-order valence-electron chi connectivity index (χ1n) is 5.82. The summed E-state index contributed by atoms with van der Waals surface area (Å²) >= 11 is 0. The zero-order chi connectivity index (χ0) is 11.8. The SMILES string of the molecule is CC(C)(C)c1nc2c(c(=O)[nH]1)CCNCC2. The molecule has 0 radical (unpaired) electrons. The van der Waals surface area contributed by atoms with Crippen molar-refractivity contribution < 1.29 is 0 Å². The molecule has 1 aliphatic rings. The molecular formula is C12H19N3O. The Balaban J connectivity index is 2.52. The van der Waals surface area contributed by atoms with E-state index < -0.39 is 0 Å². The van der Waals surface area contributed by atoms with Gasteiger partial charge in [0.05, 0.1) is 5.69 Å². The van der Waals surface area contributed by atoms with Gasteiger partial charge in [0.1, 0.15) is 5.82 Å². The normalized spacial score (nSPS) is 16.7. The molecule has 2 N–H and O–H groups in total. The molecule has 0 saturated heterocycles. The van der Waals surface area contributed by atoms with Gasteiger partial charge in [-0.05, 0) is 13.0 Å². The predicted octanol–water partition coefficient (Wildman–Crippen LogP) is 0.756. The maximum absolute atomic E-state index is 12.0. The number of hydrogen-bond acceptors (Lipinski definition) is 3. The first-order chi connectivity index (χ1) is 7.48. The van der Waals surface area contributed by atoms with Crippen molar-refractivity contribution in [2.24, 2.45) is 0 Å². The quantitative estimate of drug-likeness (QED) is 0.680. The molecule has 4 nitrogen and oxygen atoms in total. The number of aromatic amines is 1. The lowest BCUT2D eigenvalue weighted by molar-refractivity contribution is 0.537. The predicted molar refractivity (Wildman–Crippen MR) is 63.8 cm³/mol. The van der Waals surface area contributed by atoms with Crippen LogP contribution in [0.5, 0.6) is 0 Å². The Hall–Kier alpha value is -1.16. The second-order valence-corrected chi connectivity index (χ2v) is 5.34. The maximum Gasteiger partial charge on any atom is 0.254 e. The van der Waals surface area contributed by atoms with Gasteiger partial charge in [0, 0.05) is 23.9 Å². The van der Waals surface area contributed by atoms with Gasteiger partial charge in [-0.2, -0.15) is 0 Å². The molecule has 16 heavy (non-hydrogen) atoms. The molecule has 88 valence electrons. The van der Waals surface area contributed by atoms with Gasteiger partial charge in [0.2, 0.25) is 0 Å². The van der Waals surface area contributed by atoms with Crippen molar-refractivity contribution in [1.82, 2.24) is 15.3 Å². The zero-order valence-corrected chi connectivity index (χ0v) is 10.2. The Bertz CT molecular complexity index is 443. The molecule has 0 aromatic carbocycles. The molecule has 0 fully saturated rings. The molecule has 1 aromatic heterocycles. The fraction of sp³-hybridized carbons (Fsp3) is 0.667. The van der Waals surface area contributed by atoms with Gasteiger partial charge in [-0.25, -0.2) is 4.98 Å². The van der Waals surface area contributed by atoms with Crippen LogP contribution >= 0.6 is 0 Å². The van der Waals surface area contributed by atoms with E-state index in [2.05, 4.69) is 36.1 Å². The van der Waals surface area contributed by atoms with Crippen molar-refractivity contribution in [1.29, 1.82) is 0 Å². The van der Waals surface area contributed by atoms with Gasteiger partial charge in [0.15, 0.2) is 0 Å². The lowest BCUT2D eigenvalue weighted by atomic mass is 9.95. The third-order valence-electron chi connectivity index (χ3n) is 2.90. The molecule has 1 aromatic rings. The molecular weight excluding hydrogens is 202 g/mol. The van der Waals surface area contributed by atoms with Crippen molar-refractivity contribution in [2.75, 3.05) is 13.1 Å². The van der Waals surface area contributed by atoms with Crippen LogP contribution in [-0.2, 0) is 18.3 Å². The molecule has 0 unspecified atom stereocenters. The van der Waals surface area contributed by atoms with Gasteiger partial charge in [-0.1, -0.05) is 20.8 Å². The van der Waals surface area contributed by atoms with E-state index in [0.717, 1.165) is 43.0 Å². The van der Waals surface area contributed by atoms with E-state index in [1.54, 1.807) is 0 Å². The van der Waals surface area contributed by atoms with Crippen molar-refractivity contribution in [3.05, 3.63) is 27.4 Å². The van der Waals surface area contributed by atoms with Crippen LogP contribution in [0.2, 0.25) is 0 Å². The highest BCUT2D eigenvalue weighted by Gasteiger charge is 2.20. The van der Waals surface area contributed by atoms with Gasteiger partial charge in [-0.15, -0.1) is 0 Å². The first kappa shape index (κ1) is 11.3. The summed E-state index contributed by atoms with van der Waals surface area (Å²) in [5.41, 5.74) is 1.77. The minimum absolute atomic E-state index is 0.0404. The molecule has 2 heterocycles. The molecule has 0 atom stereocenters. The number of H-pyrrole nitrogens is 1. The van der Waals surface area contributed by atoms with Gasteiger partial charge < -0.3 is 10.3 Å². The average molecular weight is 221 g/mol. The number of aromatic nitrogens is 2. The largest absolute Gasteiger partial charge is 0.316 e. The van der Waals surface area contributed by atoms with Gasteiger partial charge >= 0.3 is 0 Å². The summed E-state index contributed by atoms with van der Waals surface area (Å²) in [5, 5.41) is 3.29. The molecule has 0 saturated carbocycles. The summed E-state index contributed by atoms with van der Waals surface area (Å²) in [6, 6.07) is 0. The number of nitrogens with zero attached hydrogens (tertiary/aromatic N) is 1. The van der Waals surface area contributed by atoms with Crippen LogP contribution in [0.1, 0.15) is 37.9 Å². The number of fused-ring (bicyclic) bond motifs is 1. The second kappa shape index (κ2) is 4.01. The Kier molecular flexibility index (Phi) is 2.84. The minimum atomic E-state index is -0.103. The van der Waals surface area contributed by atoms with E-state index in [9.17, 15) is 4.79 Å². The number of nitrogens with one attached hydrogen (secondary N) is 2. The molecule has 1 aliphatic heterocycles. The van der Waals surface area contributed by atoms with Crippen LogP contribution in [0.3, 0.4) is 0 Å². The summed E-state index contributed by atoms with van der Waals surface area (Å²) in [4.78, 5) is 19.5. The van der Waals surface area contributed by atoms with E-state index in [0.29, 0.717) is 0 Å². The van der Waals surface area contributed by atoms with Gasteiger partial charge in [0.25, 0.3) is 5.56 Å². The number of hydrogen-bond donors (Lipinski definition) is 2. The van der Waals surface area contributed by atoms with Crippen LogP contribution in [0.15, 0.2) is 4.79 Å². The Morgan fingerprint density at radius 1 is 1.19 bits per heavy atom. The van der Waals surface area contributed by atoms with Crippen LogP contribution in [0, 0.1) is 0 Å². The number of rotatable bonds is 0. The van der Waals surface area contributed by atoms with Crippen molar-refractivity contribution in [3.63, 3.8) is 0 Å². The molecule has 0 spiro atoms. The first-order valence-corrected chi connectivity index (χ1v) is 5.82. The highest BCUT2D eigenvalue weighted by Crippen LogP contribution is 2.18. The molecule has 2 rings (SSSR count). The Morgan fingerprint density at radius 3 is 2.56 bits per heavy atom. The molecule has 4 heteroatoms. The third kappa shape index (κ3) is 2.16. The highest BCUT2D eigenvalue weighted by molar-refractivity contribution is 5.22. The van der Waals surface area contributed by atoms with E-state index in [-0.39, 0.29) is 11.0 Å². The van der Waals surface area contributed by atoms with E-state index >= 15 is 0 Å². The van der Waals surface area contributed by atoms with E-state index in [4.69, 9.17) is 0 Å². The summed E-state index contributed by atoms with van der Waals surface area (Å²) in [6.45, 7) is 7.96. The lowest BCUT2D eigenvalue weighted by Gasteiger charge is -2.18. The topological polar surface area (TPSA) is 57.8 Å². The van der Waals surface area contributed by atoms with E-state index in [1.807, 2.05) is 0 Å². The Labute approximate surface area is 95.5 Å². The fourth-order valence-corrected chi connectivity index (χ4v) is 1.91.